The quantitative estimate of drug-likeness (QED) is 0.0850. The zero-order valence-electron chi connectivity index (χ0n) is 59.4. The van der Waals surface area contributed by atoms with Gasteiger partial charge in [0.05, 0.1) is 24.2 Å². The zero-order chi connectivity index (χ0) is 68.1. The van der Waals surface area contributed by atoms with Gasteiger partial charge in [0.25, 0.3) is 0 Å². The Morgan fingerprint density at radius 1 is 0.271 bits per heavy atom. The first-order chi connectivity index (χ1) is 45.7. The molecule has 6 aliphatic rings. The number of aromatic hydroxyl groups is 4. The third kappa shape index (κ3) is 17.1. The van der Waals surface area contributed by atoms with Gasteiger partial charge in [-0.05, 0) is 113 Å². The molecule has 0 radical (unpaired) electrons. The van der Waals surface area contributed by atoms with Crippen LogP contribution in [0.2, 0.25) is 0 Å². The molecule has 8 aromatic carbocycles. The third-order valence-electron chi connectivity index (χ3n) is 20.1. The molecule has 0 aliphatic carbocycles. The van der Waals surface area contributed by atoms with Gasteiger partial charge in [-0.2, -0.15) is 0 Å². The molecular weight excluding hydrogens is 1180 g/mol. The summed E-state index contributed by atoms with van der Waals surface area (Å²) in [6, 6.07) is 59.4. The van der Waals surface area contributed by atoms with Gasteiger partial charge in [-0.3, -0.25) is 19.6 Å². The molecule has 8 aromatic rings. The van der Waals surface area contributed by atoms with Crippen LogP contribution < -0.4 is 21.3 Å². The van der Waals surface area contributed by atoms with Crippen LogP contribution in [0.1, 0.15) is 196 Å². The number of piperazine rings is 2. The normalized spacial score (nSPS) is 22.5. The van der Waals surface area contributed by atoms with Crippen LogP contribution in [0.15, 0.2) is 170 Å². The van der Waals surface area contributed by atoms with Crippen molar-refractivity contribution in [3.63, 3.8) is 0 Å². The van der Waals surface area contributed by atoms with Crippen LogP contribution in [-0.4, -0.2) is 92.4 Å². The molecule has 508 valence electrons. The lowest BCUT2D eigenvalue weighted by molar-refractivity contribution is 0.122. The van der Waals surface area contributed by atoms with E-state index < -0.39 is 0 Å². The molecule has 0 unspecified atom stereocenters. The first-order valence-corrected chi connectivity index (χ1v) is 35.2. The van der Waals surface area contributed by atoms with Gasteiger partial charge < -0.3 is 41.7 Å². The Kier molecular flexibility index (Phi) is 21.7. The Morgan fingerprint density at radius 2 is 0.448 bits per heavy atom. The maximum Gasteiger partial charge on any atom is 0.123 e. The highest BCUT2D eigenvalue weighted by molar-refractivity contribution is 5.51. The number of hydrogen-bond acceptors (Lipinski definition) is 12. The van der Waals surface area contributed by atoms with Crippen molar-refractivity contribution in [2.24, 2.45) is 0 Å². The number of nitrogens with zero attached hydrogens (tertiary/aromatic N) is 4. The van der Waals surface area contributed by atoms with E-state index in [-0.39, 0.29) is 45.8 Å². The Balaban J connectivity index is 0.964. The van der Waals surface area contributed by atoms with E-state index in [4.69, 9.17) is 0 Å². The van der Waals surface area contributed by atoms with E-state index >= 15 is 0 Å². The summed E-state index contributed by atoms with van der Waals surface area (Å²) in [5, 5.41) is 65.5. The fraction of sp³-hybridized carbons (Fsp3) is 0.429. The SMILES string of the molecule is CC(C)(C)c1cc2cc(c1O)CN[C@H](c1ccccc1)[C@@H](c1ccccc1)NCc1cc(cc(C(C)(C)C)c1O)CN1CCN(CC1)Cc1cc(c(O)c(C(C)(C)C)c1)CN[C@H](c1ccccc1)[C@@H](c1ccccc1)NCc1cc(cc(C(C)(C)C)c1O)CN1CCN(CC1)C2. The lowest BCUT2D eigenvalue weighted by atomic mass is 9.83. The van der Waals surface area contributed by atoms with E-state index in [9.17, 15) is 20.4 Å². The minimum absolute atomic E-state index is 0.230. The van der Waals surface area contributed by atoms with Crippen molar-refractivity contribution in [1.29, 1.82) is 0 Å². The summed E-state index contributed by atoms with van der Waals surface area (Å²) < 4.78 is 0. The standard InChI is InChI=1S/C84H108N8O4/c1-81(2,3)69-45-57-41-65(77(69)93)49-85-73(61-25-17-13-18-26-61)74(62-27-19-14-20-28-62)86-50-66-43-59(47-71(78(66)94)83(7,8)9)55-91-37-39-92(40-38-91)56-60-44-68(80(96)72(48-60)84(10,11)12)52-88-76(64-31-23-16-24-32-64)75(63-29-21-15-22-30-63)87-51-67-42-58(46-70(79(67)95)82(4,5)6)54-90-35-33-89(53-57)34-36-90/h13-32,41-48,73-76,85-88,93-96H,33-40,49-56H2,1-12H3/t73-,74-,75-,76-/m1/s1. The van der Waals surface area contributed by atoms with Crippen LogP contribution in [0.5, 0.6) is 23.0 Å². The summed E-state index contributed by atoms with van der Waals surface area (Å²) in [5.41, 5.74) is 15.1. The molecule has 96 heavy (non-hydrogen) atoms. The van der Waals surface area contributed by atoms with Crippen molar-refractivity contribution < 1.29 is 20.4 Å². The molecule has 0 spiro atoms. The maximum atomic E-state index is 12.4. The summed E-state index contributed by atoms with van der Waals surface area (Å²) in [6.07, 6.45) is 0. The molecule has 0 aromatic heterocycles. The van der Waals surface area contributed by atoms with Crippen molar-refractivity contribution in [3.8, 4) is 23.0 Å². The van der Waals surface area contributed by atoms with Gasteiger partial charge in [0.2, 0.25) is 0 Å². The van der Waals surface area contributed by atoms with Crippen molar-refractivity contribution in [2.75, 3.05) is 52.4 Å². The van der Waals surface area contributed by atoms with Crippen molar-refractivity contribution in [2.45, 2.75) is 181 Å². The first-order valence-electron chi connectivity index (χ1n) is 35.2. The van der Waals surface area contributed by atoms with Gasteiger partial charge in [0.15, 0.2) is 0 Å². The van der Waals surface area contributed by atoms with Gasteiger partial charge in [-0.15, -0.1) is 0 Å². The highest BCUT2D eigenvalue weighted by Gasteiger charge is 2.33. The summed E-state index contributed by atoms with van der Waals surface area (Å²) >= 11 is 0. The van der Waals surface area contributed by atoms with Crippen LogP contribution in [-0.2, 0) is 74.0 Å². The lowest BCUT2D eigenvalue weighted by Gasteiger charge is -2.36. The van der Waals surface area contributed by atoms with Gasteiger partial charge >= 0.3 is 0 Å². The minimum Gasteiger partial charge on any atom is -0.507 e. The van der Waals surface area contributed by atoms with E-state index in [0.717, 1.165) is 145 Å². The first kappa shape index (κ1) is 70.0. The number of phenolic OH excluding ortho intramolecular Hbond substituents is 4. The smallest absolute Gasteiger partial charge is 0.123 e. The van der Waals surface area contributed by atoms with Crippen LogP contribution in [0.4, 0.5) is 0 Å². The molecule has 6 heterocycles. The van der Waals surface area contributed by atoms with Crippen LogP contribution >= 0.6 is 0 Å². The van der Waals surface area contributed by atoms with Crippen molar-refractivity contribution in [1.82, 2.24) is 40.9 Å². The predicted octanol–water partition coefficient (Wildman–Crippen LogP) is 15.4. The number of nitrogens with one attached hydrogen (secondary N) is 4. The Morgan fingerprint density at radius 3 is 0.615 bits per heavy atom. The summed E-state index contributed by atoms with van der Waals surface area (Å²) in [5.74, 6) is 1.33. The van der Waals surface area contributed by atoms with E-state index in [1.54, 1.807) is 0 Å². The minimum atomic E-state index is -0.313. The van der Waals surface area contributed by atoms with Gasteiger partial charge in [0, 0.05) is 127 Å². The summed E-state index contributed by atoms with van der Waals surface area (Å²) in [6.45, 7) is 38.0. The average Bonchev–Trinajstić information content (AvgIpc) is 0.812. The molecule has 8 N–H and O–H groups in total. The van der Waals surface area contributed by atoms with Crippen molar-refractivity contribution >= 4 is 0 Å². The second kappa shape index (κ2) is 29.8. The molecule has 4 atom stereocenters. The van der Waals surface area contributed by atoms with Crippen LogP contribution in [0.3, 0.4) is 0 Å². The second-order valence-corrected chi connectivity index (χ2v) is 31.8. The highest BCUT2D eigenvalue weighted by atomic mass is 16.3. The Labute approximate surface area is 573 Å². The number of hydrogen-bond donors (Lipinski definition) is 8. The molecule has 6 aliphatic heterocycles. The van der Waals surface area contributed by atoms with E-state index in [0.29, 0.717) is 49.2 Å². The molecule has 12 nitrogen and oxygen atoms in total. The number of benzene rings is 8. The summed E-state index contributed by atoms with van der Waals surface area (Å²) in [4.78, 5) is 10.2. The Bertz CT molecular complexity index is 3370. The third-order valence-corrected chi connectivity index (χ3v) is 20.1. The molecular formula is C84H108N8O4. The number of phenols is 4. The largest absolute Gasteiger partial charge is 0.507 e. The maximum absolute atomic E-state index is 12.4. The highest BCUT2D eigenvalue weighted by Crippen LogP contribution is 2.42. The fourth-order valence-electron chi connectivity index (χ4n) is 14.7. The average molecular weight is 1290 g/mol. The number of rotatable bonds is 4. The van der Waals surface area contributed by atoms with Gasteiger partial charge in [0.1, 0.15) is 23.0 Å². The lowest BCUT2D eigenvalue weighted by Crippen LogP contribution is -2.45. The zero-order valence-corrected chi connectivity index (χ0v) is 59.4. The molecule has 14 rings (SSSR count). The fourth-order valence-corrected chi connectivity index (χ4v) is 14.7. The van der Waals surface area contributed by atoms with E-state index in [2.05, 4.69) is 294 Å². The molecule has 2 fully saturated rings. The van der Waals surface area contributed by atoms with Crippen LogP contribution in [0.25, 0.3) is 0 Å². The monoisotopic (exact) mass is 1290 g/mol. The molecule has 0 saturated carbocycles. The molecule has 2 saturated heterocycles. The van der Waals surface area contributed by atoms with E-state index in [1.165, 1.54) is 22.3 Å². The molecule has 12 bridgehead atoms. The van der Waals surface area contributed by atoms with Gasteiger partial charge in [-0.25, -0.2) is 0 Å². The molecule has 12 heteroatoms. The van der Waals surface area contributed by atoms with Crippen molar-refractivity contribution in [3.05, 3.63) is 259 Å². The van der Waals surface area contributed by atoms with Crippen LogP contribution in [0, 0.1) is 0 Å². The predicted molar refractivity (Wildman–Crippen MR) is 392 cm³/mol. The second-order valence-electron chi connectivity index (χ2n) is 31.8. The van der Waals surface area contributed by atoms with E-state index in [1.807, 2.05) is 0 Å². The molecule has 0 amide bonds. The topological polar surface area (TPSA) is 142 Å². The van der Waals surface area contributed by atoms with Gasteiger partial charge in [-0.1, -0.05) is 229 Å². The summed E-state index contributed by atoms with van der Waals surface area (Å²) in [7, 11) is 0. The Hall–Kier alpha value is -7.36.